The summed E-state index contributed by atoms with van der Waals surface area (Å²) in [5.41, 5.74) is 0.700. The Bertz CT molecular complexity index is 835. The van der Waals surface area contributed by atoms with Crippen LogP contribution in [0.3, 0.4) is 0 Å². The molecule has 0 atom stereocenters. The third-order valence-corrected chi connectivity index (χ3v) is 4.48. The molecule has 5 nitrogen and oxygen atoms in total. The molecule has 0 saturated heterocycles. The molecule has 0 bridgehead atoms. The van der Waals surface area contributed by atoms with Gasteiger partial charge in [0.1, 0.15) is 16.4 Å². The summed E-state index contributed by atoms with van der Waals surface area (Å²) in [7, 11) is -0.695. The first-order valence-electron chi connectivity index (χ1n) is 6.83. The highest BCUT2D eigenvalue weighted by Crippen LogP contribution is 2.22. The number of ether oxygens (including phenoxy) is 2. The van der Waals surface area contributed by atoms with Crippen LogP contribution in [-0.2, 0) is 10.0 Å². The van der Waals surface area contributed by atoms with Crippen LogP contribution in [0.2, 0.25) is 0 Å². The van der Waals surface area contributed by atoms with Crippen LogP contribution in [0.1, 0.15) is 5.56 Å². The Morgan fingerprint density at radius 1 is 0.957 bits per heavy atom. The van der Waals surface area contributed by atoms with Crippen molar-refractivity contribution in [1.29, 1.82) is 0 Å². The maximum atomic E-state index is 12.3. The van der Waals surface area contributed by atoms with Gasteiger partial charge in [-0.25, -0.2) is 8.42 Å². The zero-order valence-corrected chi connectivity index (χ0v) is 13.7. The average molecular weight is 331 g/mol. The lowest BCUT2D eigenvalue weighted by Gasteiger charge is -2.08. The van der Waals surface area contributed by atoms with Crippen molar-refractivity contribution < 1.29 is 17.9 Å². The summed E-state index contributed by atoms with van der Waals surface area (Å²) in [6, 6.07) is 13.7. The second kappa shape index (κ2) is 7.68. The van der Waals surface area contributed by atoms with Gasteiger partial charge in [-0.1, -0.05) is 36.1 Å². The van der Waals surface area contributed by atoms with Crippen molar-refractivity contribution >= 4 is 10.0 Å². The number of rotatable bonds is 5. The Balaban J connectivity index is 2.11. The molecule has 23 heavy (non-hydrogen) atoms. The van der Waals surface area contributed by atoms with E-state index in [1.165, 1.54) is 13.2 Å². The minimum atomic E-state index is -3.68. The summed E-state index contributed by atoms with van der Waals surface area (Å²) in [4.78, 5) is 0.0848. The topological polar surface area (TPSA) is 64.6 Å². The number of sulfonamides is 1. The van der Waals surface area contributed by atoms with Gasteiger partial charge in [0.05, 0.1) is 26.3 Å². The van der Waals surface area contributed by atoms with E-state index >= 15 is 0 Å². The van der Waals surface area contributed by atoms with Gasteiger partial charge in [-0.15, -0.1) is 0 Å². The van der Waals surface area contributed by atoms with Crippen LogP contribution < -0.4 is 14.2 Å². The number of para-hydroxylation sites is 2. The van der Waals surface area contributed by atoms with Crippen LogP contribution in [0.4, 0.5) is 0 Å². The van der Waals surface area contributed by atoms with Crippen molar-refractivity contribution in [3.63, 3.8) is 0 Å². The van der Waals surface area contributed by atoms with E-state index in [0.29, 0.717) is 11.3 Å². The van der Waals surface area contributed by atoms with Gasteiger partial charge < -0.3 is 9.47 Å². The number of nitrogens with one attached hydrogen (secondary N) is 1. The van der Waals surface area contributed by atoms with E-state index in [1.807, 2.05) is 12.1 Å². The Hall–Kier alpha value is -2.49. The molecular weight excluding hydrogens is 314 g/mol. The van der Waals surface area contributed by atoms with Crippen molar-refractivity contribution in [2.75, 3.05) is 20.8 Å². The largest absolute Gasteiger partial charge is 0.495 e. The fourth-order valence-electron chi connectivity index (χ4n) is 1.94. The summed E-state index contributed by atoms with van der Waals surface area (Å²) in [6.07, 6.45) is 0. The Labute approximate surface area is 136 Å². The highest BCUT2D eigenvalue weighted by Gasteiger charge is 2.17. The molecule has 0 aliphatic rings. The van der Waals surface area contributed by atoms with Crippen molar-refractivity contribution in [1.82, 2.24) is 4.72 Å². The number of hydrogen-bond donors (Lipinski definition) is 1. The zero-order chi connectivity index (χ0) is 16.7. The van der Waals surface area contributed by atoms with E-state index in [4.69, 9.17) is 9.47 Å². The van der Waals surface area contributed by atoms with Crippen LogP contribution >= 0.6 is 0 Å². The third-order valence-electron chi connectivity index (χ3n) is 3.04. The molecule has 0 spiro atoms. The fraction of sp³-hybridized carbons (Fsp3) is 0.176. The summed E-state index contributed by atoms with van der Waals surface area (Å²) < 4.78 is 37.2. The first-order chi connectivity index (χ1) is 11.1. The van der Waals surface area contributed by atoms with Gasteiger partial charge in [0.25, 0.3) is 0 Å². The summed E-state index contributed by atoms with van der Waals surface area (Å²) in [5, 5.41) is 0. The first-order valence-corrected chi connectivity index (χ1v) is 8.31. The lowest BCUT2D eigenvalue weighted by molar-refractivity contribution is 0.402. The average Bonchev–Trinajstić information content (AvgIpc) is 2.59. The Morgan fingerprint density at radius 3 is 2.26 bits per heavy atom. The monoisotopic (exact) mass is 331 g/mol. The third kappa shape index (κ3) is 4.25. The maximum absolute atomic E-state index is 12.3. The Kier molecular flexibility index (Phi) is 5.63. The quantitative estimate of drug-likeness (QED) is 0.852. The van der Waals surface area contributed by atoms with Crippen molar-refractivity contribution in [2.45, 2.75) is 4.90 Å². The first kappa shape index (κ1) is 16.9. The van der Waals surface area contributed by atoms with E-state index < -0.39 is 10.0 Å². The second-order valence-electron chi connectivity index (χ2n) is 4.48. The number of hydrogen-bond acceptors (Lipinski definition) is 4. The van der Waals surface area contributed by atoms with Gasteiger partial charge in [-0.2, -0.15) is 4.72 Å². The predicted octanol–water partition coefficient (Wildman–Crippen LogP) is 2.03. The molecule has 0 radical (unpaired) electrons. The van der Waals surface area contributed by atoms with Crippen LogP contribution in [0, 0.1) is 11.8 Å². The van der Waals surface area contributed by atoms with Crippen molar-refractivity contribution in [3.05, 3.63) is 54.1 Å². The van der Waals surface area contributed by atoms with Crippen LogP contribution in [0.5, 0.6) is 11.5 Å². The van der Waals surface area contributed by atoms with Crippen molar-refractivity contribution in [3.8, 4) is 23.3 Å². The minimum Gasteiger partial charge on any atom is -0.495 e. The molecule has 2 aromatic rings. The molecule has 0 heterocycles. The molecule has 2 aromatic carbocycles. The molecule has 0 aliphatic carbocycles. The highest BCUT2D eigenvalue weighted by atomic mass is 32.2. The number of methoxy groups -OCH3 is 2. The van der Waals surface area contributed by atoms with Gasteiger partial charge in [0.2, 0.25) is 10.0 Å². The molecule has 0 aromatic heterocycles. The van der Waals surface area contributed by atoms with E-state index in [-0.39, 0.29) is 17.2 Å². The van der Waals surface area contributed by atoms with Gasteiger partial charge in [0, 0.05) is 0 Å². The summed E-state index contributed by atoms with van der Waals surface area (Å²) in [5.74, 6) is 6.60. The van der Waals surface area contributed by atoms with Crippen LogP contribution in [0.15, 0.2) is 53.4 Å². The molecule has 0 amide bonds. The minimum absolute atomic E-state index is 0.0154. The molecule has 0 aliphatic heterocycles. The van der Waals surface area contributed by atoms with E-state index in [2.05, 4.69) is 16.6 Å². The molecular formula is C17H17NO4S. The maximum Gasteiger partial charge on any atom is 0.245 e. The zero-order valence-electron chi connectivity index (χ0n) is 12.9. The molecule has 6 heteroatoms. The van der Waals surface area contributed by atoms with Gasteiger partial charge >= 0.3 is 0 Å². The molecule has 0 unspecified atom stereocenters. The summed E-state index contributed by atoms with van der Waals surface area (Å²) >= 11 is 0. The smallest absolute Gasteiger partial charge is 0.245 e. The lowest BCUT2D eigenvalue weighted by Crippen LogP contribution is -2.24. The summed E-state index contributed by atoms with van der Waals surface area (Å²) in [6.45, 7) is -0.0154. The van der Waals surface area contributed by atoms with Gasteiger partial charge in [-0.3, -0.25) is 0 Å². The highest BCUT2D eigenvalue weighted by molar-refractivity contribution is 7.89. The normalized spacial score (nSPS) is 10.5. The predicted molar refractivity (Wildman–Crippen MR) is 88.1 cm³/mol. The van der Waals surface area contributed by atoms with E-state index in [9.17, 15) is 8.42 Å². The lowest BCUT2D eigenvalue weighted by atomic mass is 10.2. The second-order valence-corrected chi connectivity index (χ2v) is 6.21. The molecule has 0 saturated carbocycles. The number of benzene rings is 2. The van der Waals surface area contributed by atoms with Gasteiger partial charge in [0.15, 0.2) is 0 Å². The van der Waals surface area contributed by atoms with Crippen LogP contribution in [0.25, 0.3) is 0 Å². The molecule has 120 valence electrons. The van der Waals surface area contributed by atoms with Crippen molar-refractivity contribution in [2.24, 2.45) is 0 Å². The van der Waals surface area contributed by atoms with Gasteiger partial charge in [-0.05, 0) is 24.3 Å². The fourth-order valence-corrected chi connectivity index (χ4v) is 3.03. The molecule has 1 N–H and O–H groups in total. The SMILES string of the molecule is COc1ccccc1C#CCNS(=O)(=O)c1ccccc1OC. The van der Waals surface area contributed by atoms with E-state index in [1.54, 1.807) is 37.4 Å². The molecule has 2 rings (SSSR count). The Morgan fingerprint density at radius 2 is 1.57 bits per heavy atom. The van der Waals surface area contributed by atoms with Crippen LogP contribution in [-0.4, -0.2) is 29.2 Å². The standard InChI is InChI=1S/C17H17NO4S/c1-21-15-10-4-3-8-14(15)9-7-13-18-23(19,20)17-12-6-5-11-16(17)22-2/h3-6,8,10-12,18H,13H2,1-2H3. The molecule has 0 fully saturated rings. The van der Waals surface area contributed by atoms with E-state index in [0.717, 1.165) is 0 Å².